The van der Waals surface area contributed by atoms with Crippen LogP contribution >= 0.6 is 0 Å². The fourth-order valence-corrected chi connectivity index (χ4v) is 8.66. The molecule has 3 aromatic carbocycles. The topological polar surface area (TPSA) is 101 Å². The van der Waals surface area contributed by atoms with Gasteiger partial charge in [-0.15, -0.1) is 0 Å². The summed E-state index contributed by atoms with van der Waals surface area (Å²) in [5.41, 5.74) is 4.62. The van der Waals surface area contributed by atoms with Crippen LogP contribution in [0.1, 0.15) is 71.1 Å². The van der Waals surface area contributed by atoms with E-state index in [0.717, 1.165) is 22.3 Å². The third kappa shape index (κ3) is 4.46. The maximum atomic E-state index is 13.7. The first kappa shape index (κ1) is 28.3. The number of hydrogen-bond donors (Lipinski definition) is 0. The van der Waals surface area contributed by atoms with Crippen molar-refractivity contribution in [2.75, 3.05) is 26.2 Å². The van der Waals surface area contributed by atoms with Gasteiger partial charge in [-0.1, -0.05) is 62.4 Å². The van der Waals surface area contributed by atoms with Crippen LogP contribution < -0.4 is 0 Å². The highest BCUT2D eigenvalue weighted by molar-refractivity contribution is 7.89. The van der Waals surface area contributed by atoms with E-state index in [9.17, 15) is 22.8 Å². The molecule has 2 bridgehead atoms. The zero-order valence-electron chi connectivity index (χ0n) is 23.7. The number of sulfonamides is 1. The molecule has 0 unspecified atom stereocenters. The normalized spacial score (nSPS) is 22.2. The van der Waals surface area contributed by atoms with Crippen LogP contribution in [0.2, 0.25) is 0 Å². The monoisotopic (exact) mass is 586 g/mol. The van der Waals surface area contributed by atoms with Gasteiger partial charge >= 0.3 is 5.97 Å². The maximum Gasteiger partial charge on any atom is 0.338 e. The molecule has 0 aromatic heterocycles. The molecular formula is C33H34N2O6S. The van der Waals surface area contributed by atoms with E-state index in [1.54, 1.807) is 0 Å². The quantitative estimate of drug-likeness (QED) is 0.255. The van der Waals surface area contributed by atoms with Crippen LogP contribution in [0, 0.1) is 11.8 Å². The fourth-order valence-electron chi connectivity index (χ4n) is 7.04. The van der Waals surface area contributed by atoms with Crippen LogP contribution in [0.5, 0.6) is 0 Å². The molecule has 3 aromatic rings. The number of rotatable bonds is 10. The summed E-state index contributed by atoms with van der Waals surface area (Å²) >= 11 is 0. The van der Waals surface area contributed by atoms with Gasteiger partial charge in [-0.3, -0.25) is 14.5 Å². The number of esters is 1. The van der Waals surface area contributed by atoms with Crippen molar-refractivity contribution in [3.05, 3.63) is 101 Å². The van der Waals surface area contributed by atoms with Gasteiger partial charge in [0.25, 0.3) is 0 Å². The Morgan fingerprint density at radius 2 is 1.21 bits per heavy atom. The Balaban J connectivity index is 1.14. The molecule has 0 radical (unpaired) electrons. The third-order valence-corrected chi connectivity index (χ3v) is 10.7. The number of imide groups is 1. The van der Waals surface area contributed by atoms with Crippen molar-refractivity contribution in [1.82, 2.24) is 9.21 Å². The minimum absolute atomic E-state index is 0.0298. The molecule has 218 valence electrons. The molecule has 1 aliphatic heterocycles. The first-order chi connectivity index (χ1) is 20.3. The Hall–Kier alpha value is -3.82. The largest absolute Gasteiger partial charge is 0.460 e. The zero-order chi connectivity index (χ0) is 29.6. The molecule has 2 atom stereocenters. The minimum atomic E-state index is -3.66. The summed E-state index contributed by atoms with van der Waals surface area (Å²) in [5, 5.41) is 0. The average Bonchev–Trinajstić information content (AvgIpc) is 3.26. The van der Waals surface area contributed by atoms with Gasteiger partial charge in [0, 0.05) is 24.9 Å². The van der Waals surface area contributed by atoms with Crippen LogP contribution in [-0.4, -0.2) is 61.6 Å². The van der Waals surface area contributed by atoms with Crippen molar-refractivity contribution in [3.63, 3.8) is 0 Å². The molecule has 8 nitrogen and oxygen atoms in total. The van der Waals surface area contributed by atoms with E-state index in [4.69, 9.17) is 4.74 Å². The second-order valence-electron chi connectivity index (χ2n) is 11.2. The van der Waals surface area contributed by atoms with Gasteiger partial charge in [0.15, 0.2) is 0 Å². The Morgan fingerprint density at radius 3 is 1.64 bits per heavy atom. The predicted molar refractivity (Wildman–Crippen MR) is 156 cm³/mol. The van der Waals surface area contributed by atoms with Crippen molar-refractivity contribution < 1.29 is 27.5 Å². The fraction of sp³-hybridized carbons (Fsp3) is 0.364. The van der Waals surface area contributed by atoms with Crippen molar-refractivity contribution >= 4 is 27.8 Å². The molecule has 0 spiro atoms. The standard InChI is InChI=1S/C33H34N2O6S/c1-3-17-34(18-4-2)42(39,40)22-15-13-21(14-16-22)33(38)41-20-19-35-31(36)29-27-23-9-5-6-10-24(23)28(30(29)32(35)37)26-12-8-7-11-25(26)27/h5-16,27-30H,3-4,17-20H2,1-2H3/t27?,28?,29-,30-/m0/s1. The lowest BCUT2D eigenvalue weighted by atomic mass is 9.55. The van der Waals surface area contributed by atoms with Crippen LogP contribution in [0.4, 0.5) is 0 Å². The number of carbonyl (C=O) groups excluding carboxylic acids is 3. The molecule has 1 heterocycles. The molecule has 4 aliphatic rings. The van der Waals surface area contributed by atoms with Gasteiger partial charge in [-0.2, -0.15) is 4.31 Å². The number of ether oxygens (including phenoxy) is 1. The highest BCUT2D eigenvalue weighted by Gasteiger charge is 2.61. The Bertz CT molecular complexity index is 1530. The lowest BCUT2D eigenvalue weighted by Crippen LogP contribution is -2.41. The van der Waals surface area contributed by atoms with Gasteiger partial charge in [-0.25, -0.2) is 13.2 Å². The number of hydrogen-bond acceptors (Lipinski definition) is 6. The Morgan fingerprint density at radius 1 is 0.762 bits per heavy atom. The van der Waals surface area contributed by atoms with Gasteiger partial charge in [0.2, 0.25) is 21.8 Å². The highest BCUT2D eigenvalue weighted by Crippen LogP contribution is 2.60. The van der Waals surface area contributed by atoms with E-state index in [-0.39, 0.29) is 47.3 Å². The summed E-state index contributed by atoms with van der Waals surface area (Å²) < 4.78 is 32.9. The van der Waals surface area contributed by atoms with Crippen molar-refractivity contribution in [1.29, 1.82) is 0 Å². The average molecular weight is 587 g/mol. The number of carbonyl (C=O) groups is 3. The third-order valence-electron chi connectivity index (χ3n) is 8.76. The number of benzene rings is 3. The Kier molecular flexibility index (Phi) is 7.49. The number of nitrogens with zero attached hydrogens (tertiary/aromatic N) is 2. The van der Waals surface area contributed by atoms with Crippen molar-refractivity contribution in [2.24, 2.45) is 11.8 Å². The predicted octanol–water partition coefficient (Wildman–Crippen LogP) is 4.55. The van der Waals surface area contributed by atoms with E-state index in [0.29, 0.717) is 25.9 Å². The van der Waals surface area contributed by atoms with Gasteiger partial charge in [-0.05, 0) is 59.4 Å². The molecule has 9 heteroatoms. The molecule has 7 rings (SSSR count). The van der Waals surface area contributed by atoms with Crippen molar-refractivity contribution in [3.8, 4) is 0 Å². The lowest BCUT2D eigenvalue weighted by molar-refractivity contribution is -0.140. The van der Waals surface area contributed by atoms with Crippen LogP contribution in [0.25, 0.3) is 0 Å². The van der Waals surface area contributed by atoms with E-state index < -0.39 is 27.8 Å². The summed E-state index contributed by atoms with van der Waals surface area (Å²) in [4.78, 5) is 41.5. The van der Waals surface area contributed by atoms with Gasteiger partial charge in [0.05, 0.1) is 28.8 Å². The van der Waals surface area contributed by atoms with E-state index >= 15 is 0 Å². The van der Waals surface area contributed by atoms with Crippen molar-refractivity contribution in [2.45, 2.75) is 43.4 Å². The first-order valence-electron chi connectivity index (χ1n) is 14.6. The smallest absolute Gasteiger partial charge is 0.338 e. The van der Waals surface area contributed by atoms with Crippen LogP contribution in [-0.2, 0) is 24.3 Å². The molecule has 0 saturated carbocycles. The van der Waals surface area contributed by atoms with E-state index in [2.05, 4.69) is 24.3 Å². The highest BCUT2D eigenvalue weighted by atomic mass is 32.2. The summed E-state index contributed by atoms with van der Waals surface area (Å²) in [6, 6.07) is 21.8. The van der Waals surface area contributed by atoms with E-state index in [1.165, 1.54) is 33.5 Å². The molecule has 42 heavy (non-hydrogen) atoms. The van der Waals surface area contributed by atoms with E-state index in [1.807, 2.05) is 38.1 Å². The first-order valence-corrected chi connectivity index (χ1v) is 16.0. The van der Waals surface area contributed by atoms with Gasteiger partial charge < -0.3 is 4.74 Å². The number of amides is 2. The molecule has 1 saturated heterocycles. The van der Waals surface area contributed by atoms with Crippen LogP contribution in [0.15, 0.2) is 77.7 Å². The summed E-state index contributed by atoms with van der Waals surface area (Å²) in [6.45, 7) is 4.53. The van der Waals surface area contributed by atoms with Crippen LogP contribution in [0.3, 0.4) is 0 Å². The SMILES string of the molecule is CCCN(CCC)S(=O)(=O)c1ccc(C(=O)OCCN2C(=O)[C@H]3C4c5ccccc5C(c5ccccc54)[C@@H]3C2=O)cc1. The lowest BCUT2D eigenvalue weighted by Gasteiger charge is -2.45. The van der Waals surface area contributed by atoms with Gasteiger partial charge in [0.1, 0.15) is 6.61 Å². The summed E-state index contributed by atoms with van der Waals surface area (Å²) in [7, 11) is -3.66. The number of likely N-dealkylation sites (tertiary alicyclic amines) is 1. The molecule has 3 aliphatic carbocycles. The Labute approximate surface area is 246 Å². The second kappa shape index (κ2) is 11.1. The summed E-state index contributed by atoms with van der Waals surface area (Å²) in [6.07, 6.45) is 1.41. The minimum Gasteiger partial charge on any atom is -0.460 e. The molecule has 0 N–H and O–H groups in total. The maximum absolute atomic E-state index is 13.7. The summed E-state index contributed by atoms with van der Waals surface area (Å²) in [5.74, 6) is -2.41. The second-order valence-corrected chi connectivity index (χ2v) is 13.1. The molecule has 2 amide bonds. The molecule has 1 fully saturated rings. The zero-order valence-corrected chi connectivity index (χ0v) is 24.5. The molecular weight excluding hydrogens is 552 g/mol.